The number of hydrogen-bond donors (Lipinski definition) is 2. The van der Waals surface area contributed by atoms with Crippen LogP contribution in [-0.2, 0) is 18.4 Å². The summed E-state index contributed by atoms with van der Waals surface area (Å²) in [5, 5.41) is 8.59. The van der Waals surface area contributed by atoms with Crippen LogP contribution in [0.25, 0.3) is 0 Å². The predicted octanol–water partition coefficient (Wildman–Crippen LogP) is -1.01. The van der Waals surface area contributed by atoms with E-state index in [1.54, 1.807) is 0 Å². The van der Waals surface area contributed by atoms with E-state index in [1.165, 1.54) is 6.92 Å². The lowest BCUT2D eigenvalue weighted by atomic mass is 10.2. The van der Waals surface area contributed by atoms with Gasteiger partial charge in [0.25, 0.3) is 7.82 Å². The minimum Gasteiger partial charge on any atom is -0.756 e. The third-order valence-corrected chi connectivity index (χ3v) is 3.19. The SMILES string of the molecule is C[C@@H](OP(=O)([O-])OCC[N+](C)(C)C)[C@H](N)C(=O)O. The molecule has 0 aromatic heterocycles. The first-order chi connectivity index (χ1) is 7.94. The first-order valence-electron chi connectivity index (χ1n) is 5.37. The molecule has 3 N–H and O–H groups in total. The number of quaternary nitrogens is 1. The molecule has 0 radical (unpaired) electrons. The summed E-state index contributed by atoms with van der Waals surface area (Å²) in [4.78, 5) is 21.9. The Morgan fingerprint density at radius 2 is 2.00 bits per heavy atom. The van der Waals surface area contributed by atoms with Crippen LogP contribution in [0.5, 0.6) is 0 Å². The smallest absolute Gasteiger partial charge is 0.323 e. The van der Waals surface area contributed by atoms with Crippen molar-refractivity contribution in [1.82, 2.24) is 0 Å². The Hall–Kier alpha value is -0.500. The third kappa shape index (κ3) is 7.75. The molecule has 9 heteroatoms. The molecule has 0 aromatic rings. The molecular weight excluding hydrogens is 263 g/mol. The van der Waals surface area contributed by atoms with Crippen molar-refractivity contribution >= 4 is 13.8 Å². The van der Waals surface area contributed by atoms with Crippen molar-refractivity contribution in [3.63, 3.8) is 0 Å². The maximum atomic E-state index is 11.4. The van der Waals surface area contributed by atoms with E-state index >= 15 is 0 Å². The summed E-state index contributed by atoms with van der Waals surface area (Å²) in [7, 11) is 1.10. The van der Waals surface area contributed by atoms with E-state index in [2.05, 4.69) is 9.05 Å². The van der Waals surface area contributed by atoms with Gasteiger partial charge in [-0.2, -0.15) is 0 Å². The van der Waals surface area contributed by atoms with Crippen molar-refractivity contribution in [2.45, 2.75) is 19.1 Å². The Kier molecular flexibility index (Phi) is 6.42. The summed E-state index contributed by atoms with van der Waals surface area (Å²) in [6, 6.07) is -1.42. The largest absolute Gasteiger partial charge is 0.756 e. The molecule has 0 bridgehead atoms. The first-order valence-corrected chi connectivity index (χ1v) is 6.83. The van der Waals surface area contributed by atoms with Crippen LogP contribution >= 0.6 is 7.82 Å². The predicted molar refractivity (Wildman–Crippen MR) is 62.6 cm³/mol. The number of carboxylic acid groups (broad SMARTS) is 1. The van der Waals surface area contributed by atoms with Crippen molar-refractivity contribution in [2.24, 2.45) is 5.73 Å². The molecule has 0 fully saturated rings. The number of hydrogen-bond acceptors (Lipinski definition) is 6. The molecule has 0 saturated carbocycles. The van der Waals surface area contributed by atoms with Gasteiger partial charge in [-0.1, -0.05) is 0 Å². The number of rotatable bonds is 8. The van der Waals surface area contributed by atoms with Gasteiger partial charge in [0.15, 0.2) is 0 Å². The van der Waals surface area contributed by atoms with Gasteiger partial charge in [-0.3, -0.25) is 9.36 Å². The first kappa shape index (κ1) is 17.5. The highest BCUT2D eigenvalue weighted by atomic mass is 31.2. The second-order valence-corrected chi connectivity index (χ2v) is 6.33. The van der Waals surface area contributed by atoms with E-state index in [9.17, 15) is 14.3 Å². The Bertz CT molecular complexity index is 330. The molecule has 0 amide bonds. The molecule has 0 aliphatic rings. The highest BCUT2D eigenvalue weighted by molar-refractivity contribution is 7.45. The molecule has 1 unspecified atom stereocenters. The second kappa shape index (κ2) is 6.60. The van der Waals surface area contributed by atoms with E-state index in [0.717, 1.165) is 0 Å². The molecule has 0 heterocycles. The number of nitrogens with two attached hydrogens (primary N) is 1. The standard InChI is InChI=1S/C9H21N2O6P/c1-7(8(10)9(12)13)17-18(14,15)16-6-5-11(2,3)4/h7-8H,5-6,10H2,1-4H3,(H-,12,13,14,15)/t7-,8+/m1/s1. The number of nitrogens with zero attached hydrogens (tertiary/aromatic N) is 1. The summed E-state index contributed by atoms with van der Waals surface area (Å²) in [6.07, 6.45) is -1.19. The van der Waals surface area contributed by atoms with Gasteiger partial charge in [-0.05, 0) is 6.92 Å². The van der Waals surface area contributed by atoms with Gasteiger partial charge in [-0.15, -0.1) is 0 Å². The zero-order valence-corrected chi connectivity index (χ0v) is 11.9. The molecule has 0 saturated heterocycles. The summed E-state index contributed by atoms with van der Waals surface area (Å²) in [6.45, 7) is 1.68. The van der Waals surface area contributed by atoms with Crippen LogP contribution in [0.2, 0.25) is 0 Å². The van der Waals surface area contributed by atoms with Crippen molar-refractivity contribution in [1.29, 1.82) is 0 Å². The maximum Gasteiger partial charge on any atom is 0.323 e. The number of carboxylic acids is 1. The van der Waals surface area contributed by atoms with Crippen molar-refractivity contribution in [3.05, 3.63) is 0 Å². The number of carbonyl (C=O) groups is 1. The summed E-state index contributed by atoms with van der Waals surface area (Å²) >= 11 is 0. The van der Waals surface area contributed by atoms with Crippen molar-refractivity contribution in [2.75, 3.05) is 34.3 Å². The number of likely N-dealkylation sites (N-methyl/N-ethyl adjacent to an activating group) is 1. The van der Waals surface area contributed by atoms with Gasteiger partial charge in [0.2, 0.25) is 0 Å². The highest BCUT2D eigenvalue weighted by Crippen LogP contribution is 2.40. The summed E-state index contributed by atoms with van der Waals surface area (Å²) in [5.74, 6) is -1.34. The third-order valence-electron chi connectivity index (χ3n) is 2.10. The Labute approximate surface area is 106 Å². The van der Waals surface area contributed by atoms with E-state index in [4.69, 9.17) is 10.8 Å². The van der Waals surface area contributed by atoms with Gasteiger partial charge < -0.3 is 29.3 Å². The van der Waals surface area contributed by atoms with Gasteiger partial charge in [0, 0.05) is 0 Å². The normalized spacial score (nSPS) is 19.0. The molecule has 3 atom stereocenters. The molecule has 0 aromatic carbocycles. The topological polar surface area (TPSA) is 122 Å². The average molecular weight is 284 g/mol. The van der Waals surface area contributed by atoms with Crippen LogP contribution in [-0.4, -0.2) is 62.0 Å². The van der Waals surface area contributed by atoms with Crippen molar-refractivity contribution < 1.29 is 32.9 Å². The molecule has 0 aliphatic carbocycles. The number of phosphoric acid groups is 1. The van der Waals surface area contributed by atoms with Crippen LogP contribution in [0, 0.1) is 0 Å². The van der Waals surface area contributed by atoms with Gasteiger partial charge >= 0.3 is 5.97 Å². The number of aliphatic carboxylic acids is 1. The molecule has 18 heavy (non-hydrogen) atoms. The van der Waals surface area contributed by atoms with E-state index < -0.39 is 25.9 Å². The molecule has 108 valence electrons. The Morgan fingerprint density at radius 3 is 2.39 bits per heavy atom. The summed E-state index contributed by atoms with van der Waals surface area (Å²) < 4.78 is 21.1. The minimum absolute atomic E-state index is 0.0424. The summed E-state index contributed by atoms with van der Waals surface area (Å²) in [5.41, 5.74) is 5.22. The fraction of sp³-hybridized carbons (Fsp3) is 0.889. The minimum atomic E-state index is -4.53. The van der Waals surface area contributed by atoms with Crippen LogP contribution in [0.15, 0.2) is 0 Å². The monoisotopic (exact) mass is 284 g/mol. The molecule has 0 aliphatic heterocycles. The average Bonchev–Trinajstić information content (AvgIpc) is 2.12. The van der Waals surface area contributed by atoms with E-state index in [-0.39, 0.29) is 6.61 Å². The Balaban J connectivity index is 4.23. The van der Waals surface area contributed by atoms with Gasteiger partial charge in [0.1, 0.15) is 19.2 Å². The van der Waals surface area contributed by atoms with Crippen molar-refractivity contribution in [3.8, 4) is 0 Å². The van der Waals surface area contributed by atoms with Crippen LogP contribution in [0.3, 0.4) is 0 Å². The second-order valence-electron chi connectivity index (χ2n) is 4.97. The van der Waals surface area contributed by atoms with Gasteiger partial charge in [-0.25, -0.2) is 0 Å². The van der Waals surface area contributed by atoms with Crippen LogP contribution < -0.4 is 10.6 Å². The lowest BCUT2D eigenvalue weighted by molar-refractivity contribution is -0.870. The van der Waals surface area contributed by atoms with Gasteiger partial charge in [0.05, 0.1) is 27.2 Å². The molecule has 0 spiro atoms. The number of phosphoric ester groups is 1. The molecule has 8 nitrogen and oxygen atoms in total. The molecule has 0 rings (SSSR count). The Morgan fingerprint density at radius 1 is 1.50 bits per heavy atom. The molecular formula is C9H21N2O6P. The lowest BCUT2D eigenvalue weighted by Crippen LogP contribution is -2.42. The van der Waals surface area contributed by atoms with E-state index in [1.807, 2.05) is 21.1 Å². The zero-order valence-electron chi connectivity index (χ0n) is 11.0. The van der Waals surface area contributed by atoms with Crippen LogP contribution in [0.1, 0.15) is 6.92 Å². The quantitative estimate of drug-likeness (QED) is 0.432. The van der Waals surface area contributed by atoms with Crippen LogP contribution in [0.4, 0.5) is 0 Å². The highest BCUT2D eigenvalue weighted by Gasteiger charge is 2.25. The van der Waals surface area contributed by atoms with E-state index in [0.29, 0.717) is 11.0 Å². The fourth-order valence-electron chi connectivity index (χ4n) is 0.927. The zero-order chi connectivity index (χ0) is 14.6. The fourth-order valence-corrected chi connectivity index (χ4v) is 1.83. The maximum absolute atomic E-state index is 11.4. The lowest BCUT2D eigenvalue weighted by Gasteiger charge is -2.29.